The third kappa shape index (κ3) is 4.27. The fraction of sp³-hybridized carbons (Fsp3) is 0.929. The number of alkyl halides is 1. The van der Waals surface area contributed by atoms with Gasteiger partial charge in [-0.1, -0.05) is 54.5 Å². The fourth-order valence-electron chi connectivity index (χ4n) is 3.16. The maximum absolute atomic E-state index is 11.9. The third-order valence-corrected chi connectivity index (χ3v) is 5.38. The molecule has 2 nitrogen and oxygen atoms in total. The molecule has 0 spiro atoms. The van der Waals surface area contributed by atoms with Gasteiger partial charge in [0.2, 0.25) is 5.91 Å². The molecule has 2 unspecified atom stereocenters. The van der Waals surface area contributed by atoms with E-state index in [4.69, 9.17) is 0 Å². The molecule has 2 fully saturated rings. The molecule has 2 aliphatic carbocycles. The smallest absolute Gasteiger partial charge is 0.220 e. The van der Waals surface area contributed by atoms with Gasteiger partial charge in [0.05, 0.1) is 0 Å². The van der Waals surface area contributed by atoms with Gasteiger partial charge < -0.3 is 5.32 Å². The van der Waals surface area contributed by atoms with Gasteiger partial charge in [-0.2, -0.15) is 0 Å². The van der Waals surface area contributed by atoms with Crippen LogP contribution in [0.3, 0.4) is 0 Å². The van der Waals surface area contributed by atoms with Gasteiger partial charge in [-0.15, -0.1) is 0 Å². The van der Waals surface area contributed by atoms with Crippen molar-refractivity contribution < 1.29 is 4.79 Å². The zero-order valence-electron chi connectivity index (χ0n) is 10.6. The molecule has 3 heteroatoms. The minimum Gasteiger partial charge on any atom is -0.352 e. The molecule has 98 valence electrons. The molecule has 1 amide bonds. The summed E-state index contributed by atoms with van der Waals surface area (Å²) in [5.74, 6) is 1.10. The fourth-order valence-corrected chi connectivity index (χ4v) is 3.88. The summed E-state index contributed by atoms with van der Waals surface area (Å²) < 4.78 is 0. The number of rotatable bonds is 4. The molecular weight excluding hydrogens is 278 g/mol. The lowest BCUT2D eigenvalue weighted by atomic mass is 9.95. The Bertz CT molecular complexity index is 251. The van der Waals surface area contributed by atoms with E-state index in [2.05, 4.69) is 21.2 Å². The lowest BCUT2D eigenvalue weighted by Crippen LogP contribution is -2.42. The monoisotopic (exact) mass is 301 g/mol. The van der Waals surface area contributed by atoms with Crippen LogP contribution in [-0.4, -0.2) is 16.8 Å². The maximum atomic E-state index is 11.9. The lowest BCUT2D eigenvalue weighted by molar-refractivity contribution is -0.122. The second-order valence-electron chi connectivity index (χ2n) is 5.66. The summed E-state index contributed by atoms with van der Waals surface area (Å²) in [4.78, 5) is 12.4. The van der Waals surface area contributed by atoms with Gasteiger partial charge in [-0.3, -0.25) is 4.79 Å². The number of nitrogens with one attached hydrogen (secondary N) is 1. The summed E-state index contributed by atoms with van der Waals surface area (Å²) >= 11 is 3.69. The molecule has 0 aromatic rings. The Morgan fingerprint density at radius 2 is 1.71 bits per heavy atom. The summed E-state index contributed by atoms with van der Waals surface area (Å²) in [6.45, 7) is 0. The van der Waals surface area contributed by atoms with Crippen molar-refractivity contribution in [3.05, 3.63) is 0 Å². The second kappa shape index (κ2) is 6.77. The van der Waals surface area contributed by atoms with Crippen LogP contribution in [0.2, 0.25) is 0 Å². The predicted octanol–water partition coefficient (Wildman–Crippen LogP) is 3.78. The Morgan fingerprint density at radius 1 is 1.06 bits per heavy atom. The van der Waals surface area contributed by atoms with Crippen molar-refractivity contribution in [3.8, 4) is 0 Å². The molecular formula is C14H24BrNO. The highest BCUT2D eigenvalue weighted by atomic mass is 79.9. The minimum atomic E-state index is 0.272. The van der Waals surface area contributed by atoms with Crippen LogP contribution >= 0.6 is 15.9 Å². The second-order valence-corrected chi connectivity index (χ2v) is 6.84. The molecule has 17 heavy (non-hydrogen) atoms. The molecule has 1 N–H and O–H groups in total. The number of halogens is 1. The van der Waals surface area contributed by atoms with Crippen LogP contribution in [-0.2, 0) is 4.79 Å². The molecule has 0 radical (unpaired) electrons. The molecule has 0 heterocycles. The highest BCUT2D eigenvalue weighted by Gasteiger charge is 2.24. The van der Waals surface area contributed by atoms with E-state index in [1.54, 1.807) is 0 Å². The van der Waals surface area contributed by atoms with E-state index in [0.717, 1.165) is 25.2 Å². The first kappa shape index (κ1) is 13.4. The van der Waals surface area contributed by atoms with E-state index < -0.39 is 0 Å². The predicted molar refractivity (Wildman–Crippen MR) is 74.3 cm³/mol. The van der Waals surface area contributed by atoms with Crippen LogP contribution in [0.5, 0.6) is 0 Å². The quantitative estimate of drug-likeness (QED) is 0.787. The van der Waals surface area contributed by atoms with E-state index in [1.807, 2.05) is 0 Å². The van der Waals surface area contributed by atoms with Gasteiger partial charge in [0.15, 0.2) is 0 Å². The van der Waals surface area contributed by atoms with Crippen LogP contribution in [0.25, 0.3) is 0 Å². The highest BCUT2D eigenvalue weighted by molar-refractivity contribution is 9.09. The average Bonchev–Trinajstić information content (AvgIpc) is 2.82. The first-order chi connectivity index (χ1) is 8.25. The van der Waals surface area contributed by atoms with Crippen LogP contribution in [0, 0.1) is 5.92 Å². The molecule has 2 atom stereocenters. The zero-order chi connectivity index (χ0) is 12.1. The maximum Gasteiger partial charge on any atom is 0.220 e. The van der Waals surface area contributed by atoms with E-state index >= 15 is 0 Å². The summed E-state index contributed by atoms with van der Waals surface area (Å²) in [5, 5.41) is 3.21. The van der Waals surface area contributed by atoms with Gasteiger partial charge in [0.1, 0.15) is 0 Å². The van der Waals surface area contributed by atoms with Gasteiger partial charge >= 0.3 is 0 Å². The van der Waals surface area contributed by atoms with Crippen molar-refractivity contribution in [2.24, 2.45) is 5.92 Å². The van der Waals surface area contributed by atoms with Crippen molar-refractivity contribution in [3.63, 3.8) is 0 Å². The normalized spacial score (nSPS) is 30.4. The lowest BCUT2D eigenvalue weighted by Gasteiger charge is -2.28. The molecule has 0 aromatic carbocycles. The molecule has 0 saturated heterocycles. The van der Waals surface area contributed by atoms with Crippen molar-refractivity contribution >= 4 is 21.8 Å². The number of carbonyl (C=O) groups excluding carboxylic acids is 1. The average molecular weight is 302 g/mol. The van der Waals surface area contributed by atoms with Crippen molar-refractivity contribution in [2.75, 3.05) is 0 Å². The van der Waals surface area contributed by atoms with Crippen LogP contribution in [0.15, 0.2) is 0 Å². The van der Waals surface area contributed by atoms with E-state index in [1.165, 1.54) is 44.9 Å². The summed E-state index contributed by atoms with van der Waals surface area (Å²) in [7, 11) is 0. The number of carbonyl (C=O) groups is 1. The Labute approximate surface area is 113 Å². The van der Waals surface area contributed by atoms with Crippen LogP contribution in [0.4, 0.5) is 0 Å². The largest absolute Gasteiger partial charge is 0.352 e. The zero-order valence-corrected chi connectivity index (χ0v) is 12.2. The van der Waals surface area contributed by atoms with Crippen LogP contribution in [0.1, 0.15) is 64.2 Å². The van der Waals surface area contributed by atoms with Crippen molar-refractivity contribution in [2.45, 2.75) is 75.1 Å². The van der Waals surface area contributed by atoms with Crippen molar-refractivity contribution in [1.82, 2.24) is 5.32 Å². The molecule has 2 saturated carbocycles. The first-order valence-corrected chi connectivity index (χ1v) is 8.10. The van der Waals surface area contributed by atoms with Gasteiger partial charge in [0, 0.05) is 17.3 Å². The highest BCUT2D eigenvalue weighted by Crippen LogP contribution is 2.29. The molecule has 2 rings (SSSR count). The van der Waals surface area contributed by atoms with Gasteiger partial charge in [-0.05, 0) is 25.2 Å². The minimum absolute atomic E-state index is 0.272. The Hall–Kier alpha value is -0.0500. The van der Waals surface area contributed by atoms with E-state index in [0.29, 0.717) is 10.9 Å². The van der Waals surface area contributed by atoms with E-state index in [9.17, 15) is 4.79 Å². The topological polar surface area (TPSA) is 29.1 Å². The number of amides is 1. The Kier molecular flexibility index (Phi) is 5.33. The molecule has 0 aliphatic heterocycles. The van der Waals surface area contributed by atoms with Gasteiger partial charge in [-0.25, -0.2) is 0 Å². The summed E-state index contributed by atoms with van der Waals surface area (Å²) in [5.41, 5.74) is 0. The standard InChI is InChI=1S/C14H24BrNO/c15-12-7-3-4-8-13(12)16-14(17)10-9-11-5-1-2-6-11/h11-13H,1-10H2,(H,16,17). The summed E-state index contributed by atoms with van der Waals surface area (Å²) in [6, 6.07) is 0.375. The number of hydrogen-bond acceptors (Lipinski definition) is 1. The van der Waals surface area contributed by atoms with Gasteiger partial charge in [0.25, 0.3) is 0 Å². The molecule has 2 aliphatic rings. The van der Waals surface area contributed by atoms with Crippen molar-refractivity contribution in [1.29, 1.82) is 0 Å². The SMILES string of the molecule is O=C(CCC1CCCC1)NC1CCCCC1Br. The first-order valence-electron chi connectivity index (χ1n) is 7.19. The Morgan fingerprint density at radius 3 is 2.41 bits per heavy atom. The third-order valence-electron chi connectivity index (χ3n) is 4.28. The molecule has 0 bridgehead atoms. The van der Waals surface area contributed by atoms with E-state index in [-0.39, 0.29) is 5.91 Å². The molecule has 0 aromatic heterocycles. The van der Waals surface area contributed by atoms with Crippen LogP contribution < -0.4 is 5.32 Å². The summed E-state index contributed by atoms with van der Waals surface area (Å²) in [6.07, 6.45) is 12.2. The Balaban J connectivity index is 1.65. The number of hydrogen-bond donors (Lipinski definition) is 1.